The smallest absolute Gasteiger partial charge is 0.255 e. The fraction of sp³-hybridized carbons (Fsp3) is 0.480. The maximum absolute atomic E-state index is 13.1. The molecular formula is C25H31ClN6O3. The van der Waals surface area contributed by atoms with Gasteiger partial charge in [-0.1, -0.05) is 11.6 Å². The lowest BCUT2D eigenvalue weighted by Crippen LogP contribution is -2.54. The summed E-state index contributed by atoms with van der Waals surface area (Å²) in [4.78, 5) is 19.7. The molecule has 1 aromatic heterocycles. The molecule has 4 rings (SSSR count). The molecule has 35 heavy (non-hydrogen) atoms. The summed E-state index contributed by atoms with van der Waals surface area (Å²) in [5, 5.41) is 15.9. The van der Waals surface area contributed by atoms with Crippen molar-refractivity contribution in [1.29, 1.82) is 5.26 Å². The molecule has 0 aliphatic carbocycles. The summed E-state index contributed by atoms with van der Waals surface area (Å²) in [6.45, 7) is 3.79. The molecule has 1 fully saturated rings. The summed E-state index contributed by atoms with van der Waals surface area (Å²) >= 11 is 6.27. The monoisotopic (exact) mass is 498 g/mol. The summed E-state index contributed by atoms with van der Waals surface area (Å²) in [6, 6.07) is 7.15. The molecule has 0 radical (unpaired) electrons. The van der Waals surface area contributed by atoms with Crippen molar-refractivity contribution in [3.05, 3.63) is 46.1 Å². The largest absolute Gasteiger partial charge is 0.492 e. The third-order valence-corrected chi connectivity index (χ3v) is 6.91. The van der Waals surface area contributed by atoms with E-state index in [0.717, 1.165) is 51.0 Å². The van der Waals surface area contributed by atoms with Gasteiger partial charge in [0.05, 0.1) is 40.6 Å². The van der Waals surface area contributed by atoms with E-state index in [0.29, 0.717) is 46.4 Å². The number of rotatable bonds is 9. The van der Waals surface area contributed by atoms with Gasteiger partial charge in [0.1, 0.15) is 17.6 Å². The molecular weight excluding hydrogens is 468 g/mol. The van der Waals surface area contributed by atoms with Crippen LogP contribution in [0.25, 0.3) is 0 Å². The topological polar surface area (TPSA) is 126 Å². The first kappa shape index (κ1) is 25.0. The zero-order valence-electron chi connectivity index (χ0n) is 19.8. The minimum absolute atomic E-state index is 0.104. The molecule has 2 atom stereocenters. The normalized spacial score (nSPS) is 19.5. The van der Waals surface area contributed by atoms with Gasteiger partial charge in [0.25, 0.3) is 5.91 Å². The van der Waals surface area contributed by atoms with Crippen molar-refractivity contribution in [2.75, 3.05) is 50.9 Å². The van der Waals surface area contributed by atoms with Crippen LogP contribution in [0.3, 0.4) is 0 Å². The van der Waals surface area contributed by atoms with E-state index >= 15 is 0 Å². The second-order valence-corrected chi connectivity index (χ2v) is 9.22. The van der Waals surface area contributed by atoms with Crippen LogP contribution in [0.15, 0.2) is 24.4 Å². The predicted octanol–water partition coefficient (Wildman–Crippen LogP) is 2.84. The fourth-order valence-electron chi connectivity index (χ4n) is 4.67. The van der Waals surface area contributed by atoms with Gasteiger partial charge < -0.3 is 30.7 Å². The summed E-state index contributed by atoms with van der Waals surface area (Å²) < 4.78 is 11.4. The van der Waals surface area contributed by atoms with Gasteiger partial charge in [-0.25, -0.2) is 4.98 Å². The van der Waals surface area contributed by atoms with Crippen molar-refractivity contribution in [2.24, 2.45) is 0 Å². The number of hydrogen-bond donors (Lipinski definition) is 3. The number of nitrogen functional groups attached to an aromatic ring is 1. The second-order valence-electron chi connectivity index (χ2n) is 8.81. The van der Waals surface area contributed by atoms with E-state index in [4.69, 9.17) is 32.1 Å². The Balaban J connectivity index is 1.25. The van der Waals surface area contributed by atoms with Crippen LogP contribution >= 0.6 is 11.6 Å². The minimum Gasteiger partial charge on any atom is -0.492 e. The molecule has 2 aliphatic rings. The van der Waals surface area contributed by atoms with E-state index in [9.17, 15) is 4.79 Å². The van der Waals surface area contributed by atoms with Crippen LogP contribution in [0, 0.1) is 11.3 Å². The Kier molecular flexibility index (Phi) is 8.29. The standard InChI is InChI=1S/C25H31ClN6O3/c1-34-21-15-32(10-3-2-8-29-24-16(14-27)5-4-9-30-24)11-6-20(21)31-25(33)18-13-19(26)22(28)17-7-12-35-23(17)18/h4-5,9,13,20-21H,2-3,6-8,10-12,15,28H2,1H3,(H,29,30)(H,31,33). The highest BCUT2D eigenvalue weighted by Gasteiger charge is 2.32. The first-order chi connectivity index (χ1) is 17.0. The van der Waals surface area contributed by atoms with Crippen LogP contribution in [0.2, 0.25) is 5.02 Å². The quantitative estimate of drug-likeness (QED) is 0.356. The van der Waals surface area contributed by atoms with Gasteiger partial charge in [-0.15, -0.1) is 0 Å². The number of carbonyl (C=O) groups excluding carboxylic acids is 1. The van der Waals surface area contributed by atoms with Crippen molar-refractivity contribution in [3.8, 4) is 11.8 Å². The number of pyridine rings is 1. The Morgan fingerprint density at radius 2 is 2.31 bits per heavy atom. The summed E-state index contributed by atoms with van der Waals surface area (Å²) in [5.41, 5.74) is 8.33. The first-order valence-electron chi connectivity index (χ1n) is 11.9. The number of fused-ring (bicyclic) bond motifs is 1. The zero-order chi connectivity index (χ0) is 24.8. The highest BCUT2D eigenvalue weighted by atomic mass is 35.5. The highest BCUT2D eigenvalue weighted by molar-refractivity contribution is 6.33. The number of amides is 1. The van der Waals surface area contributed by atoms with Gasteiger partial charge in [-0.3, -0.25) is 4.79 Å². The minimum atomic E-state index is -0.220. The number of hydrogen-bond acceptors (Lipinski definition) is 8. The number of anilines is 2. The molecule has 10 heteroatoms. The summed E-state index contributed by atoms with van der Waals surface area (Å²) in [5.74, 6) is 0.948. The van der Waals surface area contributed by atoms with E-state index in [2.05, 4.69) is 26.6 Å². The number of carbonyl (C=O) groups is 1. The van der Waals surface area contributed by atoms with Gasteiger partial charge >= 0.3 is 0 Å². The van der Waals surface area contributed by atoms with Crippen molar-refractivity contribution in [2.45, 2.75) is 37.8 Å². The van der Waals surface area contributed by atoms with Crippen molar-refractivity contribution >= 4 is 29.0 Å². The number of halogens is 1. The second kappa shape index (κ2) is 11.6. The Bertz CT molecular complexity index is 1110. The lowest BCUT2D eigenvalue weighted by Gasteiger charge is -2.38. The summed E-state index contributed by atoms with van der Waals surface area (Å²) in [6.07, 6.45) is 4.96. The Labute approximate surface area is 210 Å². The third kappa shape index (κ3) is 5.78. The number of benzene rings is 1. The van der Waals surface area contributed by atoms with Gasteiger partial charge in [0, 0.05) is 44.9 Å². The first-order valence-corrected chi connectivity index (χ1v) is 12.3. The number of methoxy groups -OCH3 is 1. The molecule has 0 spiro atoms. The third-order valence-electron chi connectivity index (χ3n) is 6.60. The van der Waals surface area contributed by atoms with Crippen molar-refractivity contribution in [1.82, 2.24) is 15.2 Å². The van der Waals surface area contributed by atoms with Gasteiger partial charge in [-0.2, -0.15) is 5.26 Å². The van der Waals surface area contributed by atoms with Gasteiger partial charge in [0.15, 0.2) is 0 Å². The number of nitrogens with one attached hydrogen (secondary N) is 2. The van der Waals surface area contributed by atoms with Gasteiger partial charge in [0.2, 0.25) is 0 Å². The lowest BCUT2D eigenvalue weighted by molar-refractivity contribution is 0.00606. The summed E-state index contributed by atoms with van der Waals surface area (Å²) in [7, 11) is 1.68. The maximum atomic E-state index is 13.1. The molecule has 1 saturated heterocycles. The molecule has 1 aromatic carbocycles. The number of unbranched alkanes of at least 4 members (excludes halogenated alkanes) is 1. The number of nitrogens with zero attached hydrogens (tertiary/aromatic N) is 3. The molecule has 186 valence electrons. The maximum Gasteiger partial charge on any atom is 0.255 e. The molecule has 2 aliphatic heterocycles. The van der Waals surface area contributed by atoms with E-state index in [1.807, 2.05) is 0 Å². The van der Waals surface area contributed by atoms with Crippen LogP contribution < -0.4 is 21.1 Å². The molecule has 2 unspecified atom stereocenters. The average molecular weight is 499 g/mol. The Morgan fingerprint density at radius 1 is 1.46 bits per heavy atom. The van der Waals surface area contributed by atoms with Gasteiger partial charge in [-0.05, 0) is 44.0 Å². The van der Waals surface area contributed by atoms with Crippen LogP contribution in [-0.4, -0.2) is 67.8 Å². The average Bonchev–Trinajstić information content (AvgIpc) is 3.37. The van der Waals surface area contributed by atoms with Crippen molar-refractivity contribution in [3.63, 3.8) is 0 Å². The van der Waals surface area contributed by atoms with E-state index < -0.39 is 0 Å². The molecule has 4 N–H and O–H groups in total. The van der Waals surface area contributed by atoms with Crippen LogP contribution in [0.1, 0.15) is 40.7 Å². The highest BCUT2D eigenvalue weighted by Crippen LogP contribution is 2.38. The molecule has 3 heterocycles. The van der Waals surface area contributed by atoms with Crippen LogP contribution in [-0.2, 0) is 11.2 Å². The number of aromatic nitrogens is 1. The van der Waals surface area contributed by atoms with E-state index in [1.165, 1.54) is 0 Å². The fourth-order valence-corrected chi connectivity index (χ4v) is 4.90. The number of ether oxygens (including phenoxy) is 2. The molecule has 0 saturated carbocycles. The molecule has 1 amide bonds. The van der Waals surface area contributed by atoms with Crippen LogP contribution in [0.4, 0.5) is 11.5 Å². The number of likely N-dealkylation sites (tertiary alicyclic amines) is 1. The predicted molar refractivity (Wildman–Crippen MR) is 135 cm³/mol. The van der Waals surface area contributed by atoms with Crippen LogP contribution in [0.5, 0.6) is 5.75 Å². The molecule has 0 bridgehead atoms. The SMILES string of the molecule is COC1CN(CCCCNc2ncccc2C#N)CCC1NC(=O)c1cc(Cl)c(N)c2c1OCC2. The lowest BCUT2D eigenvalue weighted by atomic mass is 9.99. The van der Waals surface area contributed by atoms with E-state index in [-0.39, 0.29) is 18.1 Å². The van der Waals surface area contributed by atoms with Crippen molar-refractivity contribution < 1.29 is 14.3 Å². The Morgan fingerprint density at radius 3 is 3.11 bits per heavy atom. The number of piperidine rings is 1. The molecule has 9 nitrogen and oxygen atoms in total. The Hall–Kier alpha value is -3.06. The molecule has 2 aromatic rings. The number of nitriles is 1. The zero-order valence-corrected chi connectivity index (χ0v) is 20.6. The number of nitrogens with two attached hydrogens (primary N) is 1. The van der Waals surface area contributed by atoms with E-state index in [1.54, 1.807) is 31.5 Å².